The molecular weight excluding hydrogens is 278 g/mol. The van der Waals surface area contributed by atoms with Crippen molar-refractivity contribution in [2.24, 2.45) is 0 Å². The van der Waals surface area contributed by atoms with Crippen LogP contribution in [0.2, 0.25) is 0 Å². The second-order valence-corrected chi connectivity index (χ2v) is 7.07. The van der Waals surface area contributed by atoms with E-state index in [0.717, 1.165) is 12.0 Å². The summed E-state index contributed by atoms with van der Waals surface area (Å²) in [5.41, 5.74) is 0.923. The van der Waals surface area contributed by atoms with E-state index >= 15 is 0 Å². The number of hydrogen-bond acceptors (Lipinski definition) is 4. The molecule has 0 spiro atoms. The van der Waals surface area contributed by atoms with E-state index in [9.17, 15) is 8.42 Å². The maximum atomic E-state index is 12.6. The molecule has 1 fully saturated rings. The quantitative estimate of drug-likeness (QED) is 0.881. The third-order valence-corrected chi connectivity index (χ3v) is 5.70. The third-order valence-electron chi connectivity index (χ3n) is 3.80. The van der Waals surface area contributed by atoms with Crippen LogP contribution in [-0.2, 0) is 21.2 Å². The molecule has 2 unspecified atom stereocenters. The van der Waals surface area contributed by atoms with Crippen LogP contribution in [0.15, 0.2) is 29.2 Å². The van der Waals surface area contributed by atoms with Crippen LogP contribution in [0, 0.1) is 0 Å². The molecule has 0 amide bonds. The summed E-state index contributed by atoms with van der Waals surface area (Å²) in [6.07, 6.45) is 1.17. The van der Waals surface area contributed by atoms with Gasteiger partial charge in [0.05, 0.1) is 17.0 Å². The van der Waals surface area contributed by atoms with Gasteiger partial charge in [-0.05, 0) is 37.5 Å². The zero-order valence-electron chi connectivity index (χ0n) is 11.8. The second kappa shape index (κ2) is 6.22. The Morgan fingerprint density at radius 1 is 1.35 bits per heavy atom. The van der Waals surface area contributed by atoms with Crippen molar-refractivity contribution in [2.75, 3.05) is 20.3 Å². The smallest absolute Gasteiger partial charge is 0.243 e. The van der Waals surface area contributed by atoms with Crippen LogP contribution in [0.3, 0.4) is 0 Å². The summed E-state index contributed by atoms with van der Waals surface area (Å²) in [5, 5.41) is 8.87. The Labute approximate surface area is 120 Å². The number of aliphatic hydroxyl groups excluding tert-OH is 1. The van der Waals surface area contributed by atoms with Crippen molar-refractivity contribution in [1.29, 1.82) is 0 Å². The maximum Gasteiger partial charge on any atom is 0.243 e. The summed E-state index contributed by atoms with van der Waals surface area (Å²) in [7, 11) is -1.89. The number of aliphatic hydroxyl groups is 1. The molecule has 0 aromatic heterocycles. The normalized spacial score (nSPS) is 23.4. The third kappa shape index (κ3) is 3.03. The summed E-state index contributed by atoms with van der Waals surface area (Å²) >= 11 is 0. The van der Waals surface area contributed by atoms with Gasteiger partial charge in [0, 0.05) is 20.3 Å². The van der Waals surface area contributed by atoms with E-state index in [1.165, 1.54) is 4.31 Å². The molecule has 112 valence electrons. The number of hydrogen-bond donors (Lipinski definition) is 1. The van der Waals surface area contributed by atoms with E-state index in [2.05, 4.69) is 0 Å². The van der Waals surface area contributed by atoms with Crippen LogP contribution >= 0.6 is 0 Å². The van der Waals surface area contributed by atoms with E-state index in [1.807, 2.05) is 6.92 Å². The Balaban J connectivity index is 2.20. The van der Waals surface area contributed by atoms with Crippen molar-refractivity contribution in [1.82, 2.24) is 4.31 Å². The monoisotopic (exact) mass is 299 g/mol. The summed E-state index contributed by atoms with van der Waals surface area (Å²) < 4.78 is 32.0. The molecule has 1 saturated heterocycles. The van der Waals surface area contributed by atoms with Gasteiger partial charge in [-0.2, -0.15) is 4.31 Å². The van der Waals surface area contributed by atoms with E-state index in [4.69, 9.17) is 9.84 Å². The predicted octanol–water partition coefficient (Wildman–Crippen LogP) is 1.02. The first-order valence-electron chi connectivity index (χ1n) is 6.76. The van der Waals surface area contributed by atoms with Gasteiger partial charge in [-0.15, -0.1) is 0 Å². The lowest BCUT2D eigenvalue weighted by Crippen LogP contribution is -2.40. The van der Waals surface area contributed by atoms with Gasteiger partial charge in [-0.25, -0.2) is 8.42 Å². The molecule has 1 aromatic carbocycles. The molecule has 1 aliphatic rings. The Morgan fingerprint density at radius 2 is 2.00 bits per heavy atom. The highest BCUT2D eigenvalue weighted by molar-refractivity contribution is 7.89. The van der Waals surface area contributed by atoms with Crippen molar-refractivity contribution < 1.29 is 18.3 Å². The number of likely N-dealkylation sites (N-methyl/N-ethyl adjacent to an activating group) is 1. The minimum Gasteiger partial charge on any atom is -0.396 e. The van der Waals surface area contributed by atoms with Gasteiger partial charge in [0.1, 0.15) is 0 Å². The summed E-state index contributed by atoms with van der Waals surface area (Å²) in [6.45, 7) is 2.55. The van der Waals surface area contributed by atoms with Crippen molar-refractivity contribution in [3.63, 3.8) is 0 Å². The average Bonchev–Trinajstić information content (AvgIpc) is 2.85. The van der Waals surface area contributed by atoms with E-state index < -0.39 is 10.0 Å². The maximum absolute atomic E-state index is 12.6. The van der Waals surface area contributed by atoms with Crippen LogP contribution in [0.1, 0.15) is 18.9 Å². The van der Waals surface area contributed by atoms with Gasteiger partial charge in [0.2, 0.25) is 10.0 Å². The predicted molar refractivity (Wildman–Crippen MR) is 76.0 cm³/mol. The van der Waals surface area contributed by atoms with Gasteiger partial charge < -0.3 is 9.84 Å². The van der Waals surface area contributed by atoms with Crippen LogP contribution in [-0.4, -0.2) is 50.2 Å². The lowest BCUT2D eigenvalue weighted by atomic mass is 10.2. The topological polar surface area (TPSA) is 66.8 Å². The number of rotatable bonds is 5. The Morgan fingerprint density at radius 3 is 2.50 bits per heavy atom. The highest BCUT2D eigenvalue weighted by Crippen LogP contribution is 2.24. The van der Waals surface area contributed by atoms with Crippen LogP contribution in [0.25, 0.3) is 0 Å². The van der Waals surface area contributed by atoms with Crippen LogP contribution in [0.5, 0.6) is 0 Å². The standard InChI is InChI=1S/C14H21NO4S/c1-11-14(8-10-19-11)15(2)20(17,18)13-5-3-12(4-6-13)7-9-16/h3-6,11,14,16H,7-10H2,1-2H3. The first kappa shape index (κ1) is 15.4. The number of benzene rings is 1. The SMILES string of the molecule is CC1OCCC1N(C)S(=O)(=O)c1ccc(CCO)cc1. The fraction of sp³-hybridized carbons (Fsp3) is 0.571. The molecule has 1 heterocycles. The number of nitrogens with zero attached hydrogens (tertiary/aromatic N) is 1. The Hall–Kier alpha value is -0.950. The molecule has 6 heteroatoms. The zero-order chi connectivity index (χ0) is 14.8. The molecule has 1 N–H and O–H groups in total. The lowest BCUT2D eigenvalue weighted by molar-refractivity contribution is 0.102. The molecule has 2 rings (SSSR count). The van der Waals surface area contributed by atoms with Gasteiger partial charge >= 0.3 is 0 Å². The van der Waals surface area contributed by atoms with E-state index in [1.54, 1.807) is 31.3 Å². The molecule has 0 radical (unpaired) electrons. The summed E-state index contributed by atoms with van der Waals surface area (Å²) in [5.74, 6) is 0. The van der Waals surface area contributed by atoms with Crippen molar-refractivity contribution in [2.45, 2.75) is 36.8 Å². The fourth-order valence-corrected chi connectivity index (χ4v) is 3.95. The van der Waals surface area contributed by atoms with E-state index in [-0.39, 0.29) is 23.6 Å². The second-order valence-electron chi connectivity index (χ2n) is 5.07. The van der Waals surface area contributed by atoms with Crippen LogP contribution < -0.4 is 0 Å². The van der Waals surface area contributed by atoms with Gasteiger partial charge in [-0.3, -0.25) is 0 Å². The Bertz CT molecular complexity index is 541. The summed E-state index contributed by atoms with van der Waals surface area (Å²) in [6, 6.07) is 6.56. The molecule has 1 aliphatic heterocycles. The molecule has 1 aromatic rings. The molecule has 20 heavy (non-hydrogen) atoms. The molecular formula is C14H21NO4S. The molecule has 0 saturated carbocycles. The van der Waals surface area contributed by atoms with Crippen molar-refractivity contribution in [3.8, 4) is 0 Å². The molecule has 2 atom stereocenters. The summed E-state index contributed by atoms with van der Waals surface area (Å²) in [4.78, 5) is 0.279. The minimum atomic E-state index is -3.50. The molecule has 5 nitrogen and oxygen atoms in total. The van der Waals surface area contributed by atoms with Gasteiger partial charge in [0.15, 0.2) is 0 Å². The van der Waals surface area contributed by atoms with Crippen molar-refractivity contribution in [3.05, 3.63) is 29.8 Å². The first-order chi connectivity index (χ1) is 9.46. The highest BCUT2D eigenvalue weighted by Gasteiger charge is 2.35. The number of ether oxygens (including phenoxy) is 1. The average molecular weight is 299 g/mol. The van der Waals surface area contributed by atoms with Crippen LogP contribution in [0.4, 0.5) is 0 Å². The Kier molecular flexibility index (Phi) is 4.80. The van der Waals surface area contributed by atoms with E-state index in [0.29, 0.717) is 13.0 Å². The van der Waals surface area contributed by atoms with Gasteiger partial charge in [0.25, 0.3) is 0 Å². The minimum absolute atomic E-state index is 0.0585. The largest absolute Gasteiger partial charge is 0.396 e. The van der Waals surface area contributed by atoms with Crippen molar-refractivity contribution >= 4 is 10.0 Å². The first-order valence-corrected chi connectivity index (χ1v) is 8.20. The fourth-order valence-electron chi connectivity index (χ4n) is 2.50. The molecule has 0 aliphatic carbocycles. The van der Waals surface area contributed by atoms with Gasteiger partial charge in [-0.1, -0.05) is 12.1 Å². The zero-order valence-corrected chi connectivity index (χ0v) is 12.6. The highest BCUT2D eigenvalue weighted by atomic mass is 32.2. The molecule has 0 bridgehead atoms. The lowest BCUT2D eigenvalue weighted by Gasteiger charge is -2.26. The number of sulfonamides is 1.